The van der Waals surface area contributed by atoms with Gasteiger partial charge in [0.25, 0.3) is 0 Å². The second kappa shape index (κ2) is 7.99. The highest BCUT2D eigenvalue weighted by atomic mass is 32.2. The van der Waals surface area contributed by atoms with Gasteiger partial charge in [0.15, 0.2) is 0 Å². The maximum atomic E-state index is 12.3. The van der Waals surface area contributed by atoms with Gasteiger partial charge in [0.1, 0.15) is 0 Å². The minimum atomic E-state index is 0.0554. The van der Waals surface area contributed by atoms with Crippen molar-refractivity contribution in [2.45, 2.75) is 57.7 Å². The van der Waals surface area contributed by atoms with E-state index in [1.165, 1.54) is 31.0 Å². The Labute approximate surface area is 152 Å². The van der Waals surface area contributed by atoms with E-state index in [0.29, 0.717) is 22.9 Å². The number of para-hydroxylation sites is 1. The molecule has 1 aliphatic carbocycles. The molecule has 0 unspecified atom stereocenters. The van der Waals surface area contributed by atoms with Crippen LogP contribution in [0.3, 0.4) is 0 Å². The normalized spacial score (nSPS) is 20.4. The molecule has 7 heteroatoms. The van der Waals surface area contributed by atoms with E-state index >= 15 is 0 Å². The number of nitrogens with one attached hydrogen (secondary N) is 1. The average molecular weight is 359 g/mol. The molecule has 134 valence electrons. The summed E-state index contributed by atoms with van der Waals surface area (Å²) >= 11 is 1.38. The van der Waals surface area contributed by atoms with Crippen LogP contribution in [0.5, 0.6) is 0 Å². The van der Waals surface area contributed by atoms with E-state index in [1.807, 2.05) is 32.0 Å². The lowest BCUT2D eigenvalue weighted by Gasteiger charge is -2.29. The van der Waals surface area contributed by atoms with E-state index in [2.05, 4.69) is 27.8 Å². The maximum Gasteiger partial charge on any atom is 0.230 e. The lowest BCUT2D eigenvalue weighted by atomic mass is 9.86. The zero-order valence-electron chi connectivity index (χ0n) is 15.0. The number of thioether (sulfide) groups is 1. The first-order valence-electron chi connectivity index (χ1n) is 8.83. The highest BCUT2D eigenvalue weighted by Crippen LogP contribution is 2.25. The van der Waals surface area contributed by atoms with E-state index in [4.69, 9.17) is 0 Å². The van der Waals surface area contributed by atoms with Gasteiger partial charge in [-0.3, -0.25) is 4.79 Å². The summed E-state index contributed by atoms with van der Waals surface area (Å²) in [4.78, 5) is 12.3. The number of hydrogen-bond acceptors (Lipinski definition) is 5. The molecule has 1 aromatic carbocycles. The van der Waals surface area contributed by atoms with Crippen LogP contribution in [-0.4, -0.2) is 37.9 Å². The van der Waals surface area contributed by atoms with Gasteiger partial charge in [0, 0.05) is 6.04 Å². The molecule has 0 spiro atoms. The van der Waals surface area contributed by atoms with Crippen molar-refractivity contribution < 1.29 is 4.79 Å². The Morgan fingerprint density at radius 2 is 2.00 bits per heavy atom. The average Bonchev–Trinajstić information content (AvgIpc) is 3.03. The van der Waals surface area contributed by atoms with E-state index in [-0.39, 0.29) is 5.91 Å². The number of carbonyl (C=O) groups excluding carboxylic acids is 1. The Hall–Kier alpha value is -1.89. The number of aromatic nitrogens is 4. The van der Waals surface area contributed by atoms with Crippen LogP contribution < -0.4 is 5.32 Å². The van der Waals surface area contributed by atoms with Crippen molar-refractivity contribution in [3.63, 3.8) is 0 Å². The predicted octanol–water partition coefficient (Wildman–Crippen LogP) is 3.07. The first-order valence-corrected chi connectivity index (χ1v) is 9.82. The fraction of sp³-hybridized carbons (Fsp3) is 0.556. The van der Waals surface area contributed by atoms with Gasteiger partial charge in [-0.15, -0.1) is 5.10 Å². The predicted molar refractivity (Wildman–Crippen MR) is 98.9 cm³/mol. The monoisotopic (exact) mass is 359 g/mol. The van der Waals surface area contributed by atoms with Crippen LogP contribution >= 0.6 is 11.8 Å². The van der Waals surface area contributed by atoms with Gasteiger partial charge in [-0.25, -0.2) is 0 Å². The first kappa shape index (κ1) is 17.9. The minimum absolute atomic E-state index is 0.0554. The van der Waals surface area contributed by atoms with E-state index in [9.17, 15) is 4.79 Å². The summed E-state index contributed by atoms with van der Waals surface area (Å²) < 4.78 is 1.73. The molecule has 6 nitrogen and oxygen atoms in total. The summed E-state index contributed by atoms with van der Waals surface area (Å²) in [5.41, 5.74) is 3.19. The Morgan fingerprint density at radius 1 is 1.28 bits per heavy atom. The molecule has 0 bridgehead atoms. The lowest BCUT2D eigenvalue weighted by Crippen LogP contribution is -2.41. The Bertz CT molecular complexity index is 725. The summed E-state index contributed by atoms with van der Waals surface area (Å²) in [6.07, 6.45) is 4.75. The van der Waals surface area contributed by atoms with Gasteiger partial charge < -0.3 is 5.32 Å². The standard InChI is InChI=1S/C18H25N5OS/c1-12-7-4-5-10-15(12)19-16(24)11-25-18-20-21-22-23(18)17-13(2)8-6-9-14(17)3/h6,8-9,12,15H,4-5,7,10-11H2,1-3H3,(H,19,24)/t12-,15-/m0/s1. The van der Waals surface area contributed by atoms with E-state index in [0.717, 1.165) is 23.2 Å². The quantitative estimate of drug-likeness (QED) is 0.831. The third-order valence-corrected chi connectivity index (χ3v) is 5.80. The zero-order valence-corrected chi connectivity index (χ0v) is 15.8. The number of benzene rings is 1. The van der Waals surface area contributed by atoms with Crippen molar-refractivity contribution in [1.82, 2.24) is 25.5 Å². The minimum Gasteiger partial charge on any atom is -0.352 e. The maximum absolute atomic E-state index is 12.3. The SMILES string of the molecule is Cc1cccc(C)c1-n1nnnc1SCC(=O)N[C@H]1CCCC[C@@H]1C. The zero-order chi connectivity index (χ0) is 17.8. The molecule has 3 rings (SSSR count). The molecule has 25 heavy (non-hydrogen) atoms. The molecule has 1 fully saturated rings. The fourth-order valence-corrected chi connectivity index (χ4v) is 4.15. The van der Waals surface area contributed by atoms with Crippen LogP contribution in [0.15, 0.2) is 23.4 Å². The third kappa shape index (κ3) is 4.21. The second-order valence-electron chi connectivity index (χ2n) is 6.84. The van der Waals surface area contributed by atoms with Crippen LogP contribution in [-0.2, 0) is 4.79 Å². The van der Waals surface area contributed by atoms with Crippen molar-refractivity contribution in [3.8, 4) is 5.69 Å². The van der Waals surface area contributed by atoms with Crippen molar-refractivity contribution >= 4 is 17.7 Å². The molecule has 2 atom stereocenters. The third-order valence-electron chi connectivity index (χ3n) is 4.88. The molecule has 0 radical (unpaired) electrons. The molecular formula is C18H25N5OS. The number of rotatable bonds is 5. The number of aryl methyl sites for hydroxylation is 2. The Kier molecular flexibility index (Phi) is 5.73. The summed E-state index contributed by atoms with van der Waals surface area (Å²) in [5, 5.41) is 15.8. The number of amides is 1. The summed E-state index contributed by atoms with van der Waals surface area (Å²) in [5.74, 6) is 0.941. The fourth-order valence-electron chi connectivity index (χ4n) is 3.46. The first-order chi connectivity index (χ1) is 12.1. The highest BCUT2D eigenvalue weighted by Gasteiger charge is 2.23. The molecule has 0 saturated heterocycles. The summed E-state index contributed by atoms with van der Waals surface area (Å²) in [6, 6.07) is 6.39. The topological polar surface area (TPSA) is 72.7 Å². The molecule has 2 aromatic rings. The largest absolute Gasteiger partial charge is 0.352 e. The van der Waals surface area contributed by atoms with E-state index < -0.39 is 0 Å². The van der Waals surface area contributed by atoms with Crippen LogP contribution in [0.2, 0.25) is 0 Å². The second-order valence-corrected chi connectivity index (χ2v) is 7.78. The summed E-state index contributed by atoms with van der Waals surface area (Å²) in [6.45, 7) is 6.30. The molecular weight excluding hydrogens is 334 g/mol. The van der Waals surface area contributed by atoms with Gasteiger partial charge in [-0.1, -0.05) is 49.7 Å². The van der Waals surface area contributed by atoms with Gasteiger partial charge in [0.2, 0.25) is 11.1 Å². The number of tetrazole rings is 1. The van der Waals surface area contributed by atoms with Gasteiger partial charge >= 0.3 is 0 Å². The van der Waals surface area contributed by atoms with Crippen molar-refractivity contribution in [3.05, 3.63) is 29.3 Å². The summed E-state index contributed by atoms with van der Waals surface area (Å²) in [7, 11) is 0. The molecule has 1 N–H and O–H groups in total. The number of hydrogen-bond donors (Lipinski definition) is 1. The molecule has 1 amide bonds. The molecule has 0 aliphatic heterocycles. The molecule has 1 aromatic heterocycles. The van der Waals surface area contributed by atoms with Crippen molar-refractivity contribution in [2.75, 3.05) is 5.75 Å². The van der Waals surface area contributed by atoms with Crippen molar-refractivity contribution in [2.24, 2.45) is 5.92 Å². The van der Waals surface area contributed by atoms with Crippen LogP contribution in [0.4, 0.5) is 0 Å². The van der Waals surface area contributed by atoms with Gasteiger partial charge in [-0.05, 0) is 54.2 Å². The smallest absolute Gasteiger partial charge is 0.230 e. The highest BCUT2D eigenvalue weighted by molar-refractivity contribution is 7.99. The number of carbonyl (C=O) groups is 1. The van der Waals surface area contributed by atoms with Crippen LogP contribution in [0.1, 0.15) is 43.7 Å². The Morgan fingerprint density at radius 3 is 2.72 bits per heavy atom. The van der Waals surface area contributed by atoms with Gasteiger partial charge in [-0.2, -0.15) is 4.68 Å². The lowest BCUT2D eigenvalue weighted by molar-refractivity contribution is -0.119. The van der Waals surface area contributed by atoms with Crippen LogP contribution in [0.25, 0.3) is 5.69 Å². The molecule has 1 heterocycles. The van der Waals surface area contributed by atoms with Crippen LogP contribution in [0, 0.1) is 19.8 Å². The Balaban J connectivity index is 1.65. The van der Waals surface area contributed by atoms with Crippen molar-refractivity contribution in [1.29, 1.82) is 0 Å². The molecule has 1 aliphatic rings. The number of nitrogens with zero attached hydrogens (tertiary/aromatic N) is 4. The molecule has 1 saturated carbocycles. The van der Waals surface area contributed by atoms with Gasteiger partial charge in [0.05, 0.1) is 11.4 Å². The van der Waals surface area contributed by atoms with E-state index in [1.54, 1.807) is 4.68 Å².